The second-order valence-electron chi connectivity index (χ2n) is 8.34. The van der Waals surface area contributed by atoms with Gasteiger partial charge in [0.05, 0.1) is 12.0 Å². The number of H-pyrrole nitrogens is 1. The molecule has 3 rings (SSSR count). The molecule has 1 aliphatic carbocycles. The molecule has 0 amide bonds. The Morgan fingerprint density at radius 3 is 2.28 bits per heavy atom. The van der Waals surface area contributed by atoms with E-state index in [2.05, 4.69) is 28.7 Å². The molecule has 146 valence electrons. The Labute approximate surface area is 166 Å². The number of nitrogens with zero attached hydrogens (tertiary/aromatic N) is 2. The van der Waals surface area contributed by atoms with Crippen LogP contribution in [0.15, 0.2) is 12.5 Å². The fourth-order valence-corrected chi connectivity index (χ4v) is 5.32. The summed E-state index contributed by atoms with van der Waals surface area (Å²) in [6, 6.07) is 0. The fourth-order valence-electron chi connectivity index (χ4n) is 5.32. The van der Waals surface area contributed by atoms with Crippen LogP contribution in [0.3, 0.4) is 0 Å². The minimum atomic E-state index is 0. The summed E-state index contributed by atoms with van der Waals surface area (Å²) in [7, 11) is 0. The average molecular weight is 390 g/mol. The maximum absolute atomic E-state index is 4.36. The van der Waals surface area contributed by atoms with E-state index in [1.807, 2.05) is 6.20 Å². The normalized spacial score (nSPS) is 21.7. The van der Waals surface area contributed by atoms with Crippen LogP contribution in [-0.2, 0) is 6.42 Å². The van der Waals surface area contributed by atoms with Crippen LogP contribution in [0.25, 0.3) is 0 Å². The second-order valence-corrected chi connectivity index (χ2v) is 8.34. The summed E-state index contributed by atoms with van der Waals surface area (Å²) in [5.74, 6) is 0. The highest BCUT2D eigenvalue weighted by atomic mass is 35.5. The van der Waals surface area contributed by atoms with E-state index in [1.54, 1.807) is 6.33 Å². The lowest BCUT2D eigenvalue weighted by Gasteiger charge is -2.45. The number of nitrogens with one attached hydrogen (secondary N) is 1. The number of hydrogen-bond donors (Lipinski definition) is 1. The monoisotopic (exact) mass is 389 g/mol. The number of imidazole rings is 1. The second kappa shape index (κ2) is 10.2. The first-order valence-corrected chi connectivity index (χ1v) is 9.89. The SMILES string of the molecule is CCCC1(CCC)CCC2(CCN(CCc3c[nH]cn3)C2)CC1.Cl.Cl. The van der Waals surface area contributed by atoms with Gasteiger partial charge in [-0.1, -0.05) is 26.7 Å². The van der Waals surface area contributed by atoms with E-state index >= 15 is 0 Å². The summed E-state index contributed by atoms with van der Waals surface area (Å²) in [5.41, 5.74) is 2.55. The molecule has 0 unspecified atom stereocenters. The lowest BCUT2D eigenvalue weighted by Crippen LogP contribution is -2.36. The fraction of sp³-hybridized carbons (Fsp3) is 0.850. The maximum atomic E-state index is 4.36. The predicted octanol–water partition coefficient (Wildman–Crippen LogP) is 5.65. The molecule has 1 saturated heterocycles. The smallest absolute Gasteiger partial charge is 0.0923 e. The molecule has 1 aromatic heterocycles. The molecule has 1 saturated carbocycles. The molecule has 2 aliphatic rings. The average Bonchev–Trinajstić information content (AvgIpc) is 3.20. The van der Waals surface area contributed by atoms with Crippen molar-refractivity contribution in [2.24, 2.45) is 10.8 Å². The van der Waals surface area contributed by atoms with Crippen LogP contribution in [0.5, 0.6) is 0 Å². The van der Waals surface area contributed by atoms with Crippen LogP contribution in [0, 0.1) is 10.8 Å². The highest BCUT2D eigenvalue weighted by Gasteiger charge is 2.44. The van der Waals surface area contributed by atoms with Crippen LogP contribution in [-0.4, -0.2) is 34.5 Å². The summed E-state index contributed by atoms with van der Waals surface area (Å²) < 4.78 is 0. The molecule has 1 aromatic rings. The third kappa shape index (κ3) is 5.61. The standard InChI is InChI=1S/C20H35N3.2ClH/c1-3-6-19(7-4-2)8-10-20(11-9-19)12-14-23(16-20)13-5-18-15-21-17-22-18;;/h15,17H,3-14,16H2,1-2H3,(H,21,22);2*1H. The molecule has 0 atom stereocenters. The first kappa shape index (κ1) is 22.8. The number of aromatic nitrogens is 2. The van der Waals surface area contributed by atoms with Crippen molar-refractivity contribution in [2.45, 2.75) is 78.1 Å². The first-order chi connectivity index (χ1) is 11.2. The van der Waals surface area contributed by atoms with Gasteiger partial charge < -0.3 is 9.88 Å². The summed E-state index contributed by atoms with van der Waals surface area (Å²) in [6.07, 6.45) is 17.9. The number of likely N-dealkylation sites (tertiary alicyclic amines) is 1. The lowest BCUT2D eigenvalue weighted by molar-refractivity contribution is 0.0648. The van der Waals surface area contributed by atoms with E-state index in [0.29, 0.717) is 10.8 Å². The van der Waals surface area contributed by atoms with Crippen LogP contribution in [0.2, 0.25) is 0 Å². The van der Waals surface area contributed by atoms with E-state index < -0.39 is 0 Å². The molecule has 0 aromatic carbocycles. The highest BCUT2D eigenvalue weighted by molar-refractivity contribution is 5.85. The third-order valence-electron chi connectivity index (χ3n) is 6.69. The molecule has 2 heterocycles. The van der Waals surface area contributed by atoms with Gasteiger partial charge in [0.15, 0.2) is 0 Å². The Balaban J connectivity index is 0.00000156. The number of hydrogen-bond acceptors (Lipinski definition) is 2. The Hall–Kier alpha value is -0.250. The molecule has 1 aliphatic heterocycles. The molecule has 0 radical (unpaired) electrons. The van der Waals surface area contributed by atoms with E-state index in [1.165, 1.54) is 83.1 Å². The number of rotatable bonds is 7. The number of aromatic amines is 1. The summed E-state index contributed by atoms with van der Waals surface area (Å²) in [5, 5.41) is 0. The maximum Gasteiger partial charge on any atom is 0.0923 e. The van der Waals surface area contributed by atoms with Crippen molar-refractivity contribution in [2.75, 3.05) is 19.6 Å². The van der Waals surface area contributed by atoms with Gasteiger partial charge in [-0.25, -0.2) is 4.98 Å². The van der Waals surface area contributed by atoms with Gasteiger partial charge in [-0.3, -0.25) is 0 Å². The van der Waals surface area contributed by atoms with Gasteiger partial charge in [-0.2, -0.15) is 0 Å². The summed E-state index contributed by atoms with van der Waals surface area (Å²) in [4.78, 5) is 10.1. The quantitative estimate of drug-likeness (QED) is 0.653. The van der Waals surface area contributed by atoms with Gasteiger partial charge in [0.2, 0.25) is 0 Å². The topological polar surface area (TPSA) is 31.9 Å². The molecular weight excluding hydrogens is 353 g/mol. The van der Waals surface area contributed by atoms with Crippen LogP contribution in [0.1, 0.15) is 77.3 Å². The van der Waals surface area contributed by atoms with Crippen LogP contribution >= 0.6 is 24.8 Å². The number of halogens is 2. The van der Waals surface area contributed by atoms with Gasteiger partial charge in [-0.05, 0) is 62.3 Å². The van der Waals surface area contributed by atoms with Gasteiger partial charge in [0.25, 0.3) is 0 Å². The van der Waals surface area contributed by atoms with Crippen molar-refractivity contribution >= 4 is 24.8 Å². The van der Waals surface area contributed by atoms with Gasteiger partial charge in [0, 0.05) is 25.7 Å². The predicted molar refractivity (Wildman–Crippen MR) is 111 cm³/mol. The van der Waals surface area contributed by atoms with E-state index in [9.17, 15) is 0 Å². The Morgan fingerprint density at radius 1 is 1.04 bits per heavy atom. The molecule has 3 nitrogen and oxygen atoms in total. The van der Waals surface area contributed by atoms with Crippen LogP contribution in [0.4, 0.5) is 0 Å². The Morgan fingerprint density at radius 2 is 1.72 bits per heavy atom. The molecular formula is C20H37Cl2N3. The molecule has 25 heavy (non-hydrogen) atoms. The zero-order valence-electron chi connectivity index (χ0n) is 16.1. The van der Waals surface area contributed by atoms with Crippen molar-refractivity contribution < 1.29 is 0 Å². The van der Waals surface area contributed by atoms with Crippen molar-refractivity contribution in [3.8, 4) is 0 Å². The molecule has 5 heteroatoms. The zero-order valence-corrected chi connectivity index (χ0v) is 17.7. The zero-order chi connectivity index (χ0) is 16.2. The first-order valence-electron chi connectivity index (χ1n) is 9.89. The highest BCUT2D eigenvalue weighted by Crippen LogP contribution is 2.53. The van der Waals surface area contributed by atoms with Crippen molar-refractivity contribution in [1.82, 2.24) is 14.9 Å². The summed E-state index contributed by atoms with van der Waals surface area (Å²) in [6.45, 7) is 8.56. The van der Waals surface area contributed by atoms with E-state index in [4.69, 9.17) is 0 Å². The molecule has 1 spiro atoms. The summed E-state index contributed by atoms with van der Waals surface area (Å²) >= 11 is 0. The van der Waals surface area contributed by atoms with Crippen molar-refractivity contribution in [3.05, 3.63) is 18.2 Å². The van der Waals surface area contributed by atoms with Crippen molar-refractivity contribution in [3.63, 3.8) is 0 Å². The third-order valence-corrected chi connectivity index (χ3v) is 6.69. The largest absolute Gasteiger partial charge is 0.351 e. The Kier molecular flexibility index (Phi) is 9.28. The van der Waals surface area contributed by atoms with Crippen LogP contribution < -0.4 is 0 Å². The Bertz CT molecular complexity index is 459. The molecule has 2 fully saturated rings. The minimum absolute atomic E-state index is 0. The molecule has 0 bridgehead atoms. The minimum Gasteiger partial charge on any atom is -0.351 e. The van der Waals surface area contributed by atoms with Crippen molar-refractivity contribution in [1.29, 1.82) is 0 Å². The lowest BCUT2D eigenvalue weighted by atomic mass is 9.60. The van der Waals surface area contributed by atoms with Gasteiger partial charge in [-0.15, -0.1) is 24.8 Å². The van der Waals surface area contributed by atoms with E-state index in [-0.39, 0.29) is 24.8 Å². The van der Waals surface area contributed by atoms with Gasteiger partial charge in [0.1, 0.15) is 0 Å². The molecule has 1 N–H and O–H groups in total. The van der Waals surface area contributed by atoms with Gasteiger partial charge >= 0.3 is 0 Å². The van der Waals surface area contributed by atoms with E-state index in [0.717, 1.165) is 6.42 Å².